The first kappa shape index (κ1) is 13.8. The van der Waals surface area contributed by atoms with E-state index in [9.17, 15) is 12.8 Å². The van der Waals surface area contributed by atoms with E-state index in [1.54, 1.807) is 24.3 Å². The number of rotatable bonds is 4. The molecule has 100 valence electrons. The van der Waals surface area contributed by atoms with Crippen LogP contribution in [0.5, 0.6) is 0 Å². The second kappa shape index (κ2) is 5.56. The average molecular weight is 301 g/mol. The maximum Gasteiger partial charge on any atom is 0.257 e. The van der Waals surface area contributed by atoms with E-state index in [2.05, 4.69) is 10.3 Å². The summed E-state index contributed by atoms with van der Waals surface area (Å²) >= 11 is 5.77. The molecule has 0 aromatic heterocycles. The van der Waals surface area contributed by atoms with Gasteiger partial charge >= 0.3 is 0 Å². The van der Waals surface area contributed by atoms with Gasteiger partial charge in [-0.15, -0.1) is 4.83 Å². The number of halogens is 2. The number of benzene rings is 2. The van der Waals surface area contributed by atoms with Crippen LogP contribution in [0.1, 0.15) is 0 Å². The van der Waals surface area contributed by atoms with Gasteiger partial charge < -0.3 is 5.43 Å². The van der Waals surface area contributed by atoms with Gasteiger partial charge in [-0.1, -0.05) is 17.7 Å². The molecule has 0 aliphatic rings. The molecule has 0 spiro atoms. The van der Waals surface area contributed by atoms with Gasteiger partial charge in [0, 0.05) is 5.02 Å². The third-order valence-electron chi connectivity index (χ3n) is 2.28. The number of hydrogen-bond donors (Lipinski definition) is 2. The van der Waals surface area contributed by atoms with Gasteiger partial charge in [-0.25, -0.2) is 12.8 Å². The molecule has 19 heavy (non-hydrogen) atoms. The molecule has 0 saturated heterocycles. The molecular formula is C12H10ClFN2O2S. The van der Waals surface area contributed by atoms with Crippen molar-refractivity contribution in [1.82, 2.24) is 4.83 Å². The van der Waals surface area contributed by atoms with Gasteiger partial charge in [0.1, 0.15) is 5.82 Å². The molecule has 0 bridgehead atoms. The summed E-state index contributed by atoms with van der Waals surface area (Å²) in [6, 6.07) is 11.1. The van der Waals surface area contributed by atoms with Crippen LogP contribution in [-0.2, 0) is 10.0 Å². The molecule has 0 radical (unpaired) electrons. The van der Waals surface area contributed by atoms with Crippen molar-refractivity contribution in [2.24, 2.45) is 0 Å². The van der Waals surface area contributed by atoms with E-state index in [1.165, 1.54) is 12.1 Å². The quantitative estimate of drug-likeness (QED) is 0.854. The van der Waals surface area contributed by atoms with Crippen LogP contribution < -0.4 is 10.3 Å². The van der Waals surface area contributed by atoms with Crippen LogP contribution in [0.15, 0.2) is 53.4 Å². The van der Waals surface area contributed by atoms with Crippen LogP contribution in [-0.4, -0.2) is 8.42 Å². The first-order valence-electron chi connectivity index (χ1n) is 5.26. The summed E-state index contributed by atoms with van der Waals surface area (Å²) < 4.78 is 36.5. The van der Waals surface area contributed by atoms with E-state index >= 15 is 0 Å². The summed E-state index contributed by atoms with van der Waals surface area (Å²) in [6.45, 7) is 0. The second-order valence-electron chi connectivity index (χ2n) is 3.69. The van der Waals surface area contributed by atoms with Crippen molar-refractivity contribution in [2.75, 3.05) is 5.43 Å². The van der Waals surface area contributed by atoms with Crippen molar-refractivity contribution in [3.63, 3.8) is 0 Å². The predicted octanol–water partition coefficient (Wildman–Crippen LogP) is 2.78. The minimum Gasteiger partial charge on any atom is -0.308 e. The van der Waals surface area contributed by atoms with Gasteiger partial charge in [0.25, 0.3) is 10.0 Å². The minimum absolute atomic E-state index is 0.0385. The highest BCUT2D eigenvalue weighted by molar-refractivity contribution is 7.89. The Balaban J connectivity index is 2.12. The number of sulfonamides is 1. The van der Waals surface area contributed by atoms with E-state index < -0.39 is 15.8 Å². The van der Waals surface area contributed by atoms with Crippen LogP contribution in [0.3, 0.4) is 0 Å². The molecule has 0 aliphatic carbocycles. The summed E-state index contributed by atoms with van der Waals surface area (Å²) in [4.78, 5) is 2.14. The van der Waals surface area contributed by atoms with Crippen molar-refractivity contribution in [2.45, 2.75) is 4.90 Å². The van der Waals surface area contributed by atoms with Crippen LogP contribution in [0, 0.1) is 5.82 Å². The summed E-state index contributed by atoms with van der Waals surface area (Å²) in [5, 5.41) is 0.478. The Morgan fingerprint density at radius 2 is 1.74 bits per heavy atom. The maximum atomic E-state index is 12.7. The number of anilines is 1. The highest BCUT2D eigenvalue weighted by Gasteiger charge is 2.13. The molecular weight excluding hydrogens is 291 g/mol. The molecule has 0 heterocycles. The molecule has 0 amide bonds. The van der Waals surface area contributed by atoms with Crippen molar-refractivity contribution in [3.8, 4) is 0 Å². The van der Waals surface area contributed by atoms with Gasteiger partial charge in [-0.2, -0.15) is 0 Å². The molecule has 7 heteroatoms. The van der Waals surface area contributed by atoms with Gasteiger partial charge in [0.2, 0.25) is 0 Å². The Bertz CT molecular complexity index is 674. The zero-order valence-electron chi connectivity index (χ0n) is 9.60. The fraction of sp³-hybridized carbons (Fsp3) is 0. The molecule has 4 nitrogen and oxygen atoms in total. The van der Waals surface area contributed by atoms with E-state index in [4.69, 9.17) is 11.6 Å². The van der Waals surface area contributed by atoms with E-state index in [1.807, 2.05) is 0 Å². The monoisotopic (exact) mass is 300 g/mol. The molecule has 0 aliphatic heterocycles. The molecule has 2 N–H and O–H groups in total. The predicted molar refractivity (Wildman–Crippen MR) is 71.8 cm³/mol. The van der Waals surface area contributed by atoms with Crippen molar-refractivity contribution in [3.05, 3.63) is 59.4 Å². The lowest BCUT2D eigenvalue weighted by Crippen LogP contribution is -2.29. The summed E-state index contributed by atoms with van der Waals surface area (Å²) in [6.07, 6.45) is 0. The summed E-state index contributed by atoms with van der Waals surface area (Å²) in [5.74, 6) is -0.498. The van der Waals surface area contributed by atoms with E-state index in [0.29, 0.717) is 10.7 Å². The highest BCUT2D eigenvalue weighted by atomic mass is 35.5. The SMILES string of the molecule is O=S(=O)(NNc1cccc(Cl)c1)c1ccc(F)cc1. The lowest BCUT2D eigenvalue weighted by atomic mass is 10.3. The minimum atomic E-state index is -3.76. The first-order valence-corrected chi connectivity index (χ1v) is 7.12. The lowest BCUT2D eigenvalue weighted by molar-refractivity contribution is 0.586. The topological polar surface area (TPSA) is 58.2 Å². The van der Waals surface area contributed by atoms with Gasteiger partial charge in [-0.05, 0) is 42.5 Å². The molecule has 0 saturated carbocycles. The lowest BCUT2D eigenvalue weighted by Gasteiger charge is -2.09. The number of nitrogens with one attached hydrogen (secondary N) is 2. The van der Waals surface area contributed by atoms with Gasteiger partial charge in [0.15, 0.2) is 0 Å². The molecule has 2 rings (SSSR count). The van der Waals surface area contributed by atoms with Crippen LogP contribution in [0.25, 0.3) is 0 Å². The van der Waals surface area contributed by atoms with Crippen molar-refractivity contribution >= 4 is 27.3 Å². The fourth-order valence-electron chi connectivity index (χ4n) is 1.37. The number of hydrazine groups is 1. The van der Waals surface area contributed by atoms with Gasteiger partial charge in [0.05, 0.1) is 10.6 Å². The third kappa shape index (κ3) is 3.66. The van der Waals surface area contributed by atoms with E-state index in [0.717, 1.165) is 12.1 Å². The first-order chi connectivity index (χ1) is 8.97. The molecule has 0 atom stereocenters. The Morgan fingerprint density at radius 3 is 2.37 bits per heavy atom. The highest BCUT2D eigenvalue weighted by Crippen LogP contribution is 2.15. The Morgan fingerprint density at radius 1 is 1.05 bits per heavy atom. The largest absolute Gasteiger partial charge is 0.308 e. The average Bonchev–Trinajstić information content (AvgIpc) is 2.37. The molecule has 2 aromatic rings. The van der Waals surface area contributed by atoms with Gasteiger partial charge in [-0.3, -0.25) is 0 Å². The molecule has 0 fully saturated rings. The Kier molecular flexibility index (Phi) is 4.04. The molecule has 2 aromatic carbocycles. The maximum absolute atomic E-state index is 12.7. The smallest absolute Gasteiger partial charge is 0.257 e. The van der Waals surface area contributed by atoms with Crippen molar-refractivity contribution in [1.29, 1.82) is 0 Å². The summed E-state index contributed by atoms with van der Waals surface area (Å²) in [7, 11) is -3.76. The summed E-state index contributed by atoms with van der Waals surface area (Å²) in [5.41, 5.74) is 3.02. The molecule has 0 unspecified atom stereocenters. The fourth-order valence-corrected chi connectivity index (χ4v) is 2.42. The zero-order valence-corrected chi connectivity index (χ0v) is 11.2. The Hall–Kier alpha value is -1.63. The second-order valence-corrected chi connectivity index (χ2v) is 5.81. The van der Waals surface area contributed by atoms with Crippen molar-refractivity contribution < 1.29 is 12.8 Å². The normalized spacial score (nSPS) is 11.3. The number of hydrogen-bond acceptors (Lipinski definition) is 3. The Labute approximate surface area is 115 Å². The van der Waals surface area contributed by atoms with Crippen LogP contribution in [0.4, 0.5) is 10.1 Å². The standard InChI is InChI=1S/C12H10ClFN2O2S/c13-9-2-1-3-11(8-9)15-16-19(17,18)12-6-4-10(14)5-7-12/h1-8,15-16H. The van der Waals surface area contributed by atoms with Crippen LogP contribution >= 0.6 is 11.6 Å². The van der Waals surface area contributed by atoms with E-state index in [-0.39, 0.29) is 4.90 Å². The third-order valence-corrected chi connectivity index (χ3v) is 3.78. The zero-order chi connectivity index (χ0) is 13.9. The van der Waals surface area contributed by atoms with Crippen LogP contribution in [0.2, 0.25) is 5.02 Å².